The largest absolute Gasteiger partial charge is 0.322 e. The summed E-state index contributed by atoms with van der Waals surface area (Å²) in [6, 6.07) is 11.4. The molecule has 0 saturated carbocycles. The first-order valence-electron chi connectivity index (χ1n) is 9.01. The first-order valence-corrected chi connectivity index (χ1v) is 10.9. The van der Waals surface area contributed by atoms with Gasteiger partial charge in [-0.25, -0.2) is 12.8 Å². The number of carbonyl (C=O) groups excluding carboxylic acids is 1. The van der Waals surface area contributed by atoms with E-state index in [1.54, 1.807) is 0 Å². The van der Waals surface area contributed by atoms with E-state index in [1.165, 1.54) is 11.6 Å². The smallest absolute Gasteiger partial charge is 0.238 e. The highest BCUT2D eigenvalue weighted by Gasteiger charge is 2.16. The van der Waals surface area contributed by atoms with E-state index < -0.39 is 21.6 Å². The minimum Gasteiger partial charge on any atom is -0.322 e. The second kappa shape index (κ2) is 8.41. The van der Waals surface area contributed by atoms with Crippen LogP contribution in [-0.4, -0.2) is 27.1 Å². The van der Waals surface area contributed by atoms with Crippen molar-refractivity contribution in [3.63, 3.8) is 0 Å². The lowest BCUT2D eigenvalue weighted by Gasteiger charge is -2.20. The van der Waals surface area contributed by atoms with Crippen molar-refractivity contribution in [2.24, 2.45) is 0 Å². The number of nitrogens with one attached hydrogen (secondary N) is 2. The molecule has 152 valence electrons. The molecule has 0 aliphatic rings. The summed E-state index contributed by atoms with van der Waals surface area (Å²) >= 11 is 0. The molecule has 2 aromatic carbocycles. The molecule has 2 aromatic rings. The summed E-state index contributed by atoms with van der Waals surface area (Å²) in [5.41, 5.74) is 2.17. The number of benzene rings is 2. The van der Waals surface area contributed by atoms with Gasteiger partial charge >= 0.3 is 0 Å². The lowest BCUT2D eigenvalue weighted by atomic mass is 9.86. The highest BCUT2D eigenvalue weighted by Crippen LogP contribution is 2.24. The Morgan fingerprint density at radius 2 is 1.71 bits per heavy atom. The van der Waals surface area contributed by atoms with Crippen LogP contribution in [-0.2, 0) is 20.0 Å². The van der Waals surface area contributed by atoms with Crippen molar-refractivity contribution in [2.75, 3.05) is 18.1 Å². The van der Waals surface area contributed by atoms with Crippen molar-refractivity contribution in [1.29, 1.82) is 0 Å². The van der Waals surface area contributed by atoms with E-state index in [9.17, 15) is 17.6 Å². The van der Waals surface area contributed by atoms with Gasteiger partial charge in [0, 0.05) is 12.3 Å². The molecule has 0 spiro atoms. The molecule has 0 heterocycles. The summed E-state index contributed by atoms with van der Waals surface area (Å²) in [7, 11) is -3.49. The fourth-order valence-corrected chi connectivity index (χ4v) is 3.31. The lowest BCUT2D eigenvalue weighted by molar-refractivity contribution is -0.115. The van der Waals surface area contributed by atoms with Crippen LogP contribution in [0, 0.1) is 5.82 Å². The molecule has 2 rings (SSSR count). The first-order chi connectivity index (χ1) is 12.9. The maximum atomic E-state index is 13.9. The van der Waals surface area contributed by atoms with Gasteiger partial charge in [0.15, 0.2) is 9.84 Å². The topological polar surface area (TPSA) is 75.3 Å². The molecule has 0 radical (unpaired) electrons. The number of hydrogen-bond acceptors (Lipinski definition) is 4. The number of hydrogen-bond donors (Lipinski definition) is 2. The second-order valence-corrected chi connectivity index (χ2v) is 9.95. The Balaban J connectivity index is 1.99. The number of amides is 1. The fourth-order valence-electron chi connectivity index (χ4n) is 2.66. The average Bonchev–Trinajstić information content (AvgIpc) is 2.60. The Labute approximate surface area is 166 Å². The van der Waals surface area contributed by atoms with E-state index in [2.05, 4.69) is 43.5 Å². The highest BCUT2D eigenvalue weighted by atomic mass is 32.2. The van der Waals surface area contributed by atoms with Crippen molar-refractivity contribution < 1.29 is 17.6 Å². The fraction of sp³-hybridized carbons (Fsp3) is 0.381. The summed E-state index contributed by atoms with van der Waals surface area (Å²) in [5.74, 6) is -1.14. The second-order valence-electron chi connectivity index (χ2n) is 7.94. The van der Waals surface area contributed by atoms with E-state index in [1.807, 2.05) is 19.1 Å². The Morgan fingerprint density at radius 3 is 2.25 bits per heavy atom. The van der Waals surface area contributed by atoms with Crippen LogP contribution >= 0.6 is 0 Å². The van der Waals surface area contributed by atoms with Crippen molar-refractivity contribution in [1.82, 2.24) is 5.32 Å². The van der Waals surface area contributed by atoms with E-state index in [0.717, 1.165) is 24.0 Å². The van der Waals surface area contributed by atoms with Gasteiger partial charge < -0.3 is 10.6 Å². The van der Waals surface area contributed by atoms with Crippen molar-refractivity contribution in [2.45, 2.75) is 44.0 Å². The molecule has 2 N–H and O–H groups in total. The number of sulfone groups is 1. The third-order valence-corrected chi connectivity index (χ3v) is 5.60. The van der Waals surface area contributed by atoms with E-state index >= 15 is 0 Å². The maximum Gasteiger partial charge on any atom is 0.238 e. The normalized spacial score (nSPS) is 13.2. The van der Waals surface area contributed by atoms with Crippen LogP contribution in [0.25, 0.3) is 0 Å². The Hall–Kier alpha value is -2.25. The molecule has 28 heavy (non-hydrogen) atoms. The molecule has 0 bridgehead atoms. The molecular weight excluding hydrogens is 379 g/mol. The van der Waals surface area contributed by atoms with Crippen LogP contribution in [0.15, 0.2) is 47.4 Å². The predicted octanol–water partition coefficient (Wildman–Crippen LogP) is 3.82. The van der Waals surface area contributed by atoms with Crippen LogP contribution < -0.4 is 10.6 Å². The molecule has 5 nitrogen and oxygen atoms in total. The van der Waals surface area contributed by atoms with Crippen LogP contribution in [0.4, 0.5) is 10.1 Å². The molecule has 0 aliphatic heterocycles. The van der Waals surface area contributed by atoms with Crippen molar-refractivity contribution in [3.05, 3.63) is 59.4 Å². The Kier molecular flexibility index (Phi) is 6.62. The van der Waals surface area contributed by atoms with E-state index in [0.29, 0.717) is 0 Å². The number of anilines is 1. The van der Waals surface area contributed by atoms with Crippen LogP contribution in [0.3, 0.4) is 0 Å². The summed E-state index contributed by atoms with van der Waals surface area (Å²) in [4.78, 5) is 12.1. The molecule has 7 heteroatoms. The minimum atomic E-state index is -3.49. The summed E-state index contributed by atoms with van der Waals surface area (Å²) in [6.45, 7) is 8.33. The minimum absolute atomic E-state index is 0.0370. The average molecular weight is 407 g/mol. The lowest BCUT2D eigenvalue weighted by Crippen LogP contribution is -2.30. The maximum absolute atomic E-state index is 13.9. The first kappa shape index (κ1) is 22.0. The summed E-state index contributed by atoms with van der Waals surface area (Å²) in [6.07, 6.45) is 1.03. The van der Waals surface area contributed by atoms with Crippen molar-refractivity contribution >= 4 is 21.4 Å². The third-order valence-electron chi connectivity index (χ3n) is 4.49. The van der Waals surface area contributed by atoms with Gasteiger partial charge in [-0.3, -0.25) is 4.79 Å². The van der Waals surface area contributed by atoms with Gasteiger partial charge in [0.25, 0.3) is 0 Å². The SMILES string of the molecule is C[C@H](NCC(=O)Nc1cc(S(C)(=O)=O)ccc1F)c1ccc(C(C)(C)C)cc1. The summed E-state index contributed by atoms with van der Waals surface area (Å²) < 4.78 is 37.1. The van der Waals surface area contributed by atoms with Crippen molar-refractivity contribution in [3.8, 4) is 0 Å². The Morgan fingerprint density at radius 1 is 1.11 bits per heavy atom. The summed E-state index contributed by atoms with van der Waals surface area (Å²) in [5, 5.41) is 5.51. The van der Waals surface area contributed by atoms with Gasteiger partial charge in [-0.2, -0.15) is 0 Å². The van der Waals surface area contributed by atoms with Gasteiger partial charge in [-0.1, -0.05) is 45.0 Å². The zero-order chi connectivity index (χ0) is 21.1. The molecule has 0 aliphatic carbocycles. The molecule has 0 fully saturated rings. The molecular formula is C21H27FN2O3S. The van der Waals surface area contributed by atoms with Gasteiger partial charge in [0.2, 0.25) is 5.91 Å². The van der Waals surface area contributed by atoms with Gasteiger partial charge in [-0.15, -0.1) is 0 Å². The molecule has 1 atom stereocenters. The van der Waals surface area contributed by atoms with Gasteiger partial charge in [0.05, 0.1) is 17.1 Å². The van der Waals surface area contributed by atoms with Gasteiger partial charge in [-0.05, 0) is 41.7 Å². The molecule has 1 amide bonds. The molecule has 0 saturated heterocycles. The van der Waals surface area contributed by atoms with E-state index in [4.69, 9.17) is 0 Å². The van der Waals surface area contributed by atoms with Crippen LogP contribution in [0.2, 0.25) is 0 Å². The molecule has 0 unspecified atom stereocenters. The van der Waals surface area contributed by atoms with Gasteiger partial charge in [0.1, 0.15) is 5.82 Å². The predicted molar refractivity (Wildman–Crippen MR) is 110 cm³/mol. The zero-order valence-corrected chi connectivity index (χ0v) is 17.7. The number of rotatable bonds is 6. The number of halogens is 1. The monoisotopic (exact) mass is 406 g/mol. The zero-order valence-electron chi connectivity index (χ0n) is 16.8. The van der Waals surface area contributed by atoms with E-state index in [-0.39, 0.29) is 28.6 Å². The van der Waals surface area contributed by atoms with Crippen LogP contribution in [0.1, 0.15) is 44.9 Å². The third kappa shape index (κ3) is 5.87. The quantitative estimate of drug-likeness (QED) is 0.715. The molecule has 0 aromatic heterocycles. The standard InChI is InChI=1S/C21H27FN2O3S/c1-14(15-6-8-16(9-7-15)21(2,3)4)23-13-20(25)24-19-12-17(28(5,26)27)10-11-18(19)22/h6-12,14,23H,13H2,1-5H3,(H,24,25)/t14-/m0/s1. The highest BCUT2D eigenvalue weighted by molar-refractivity contribution is 7.90. The number of carbonyl (C=O) groups is 1. The van der Waals surface area contributed by atoms with Crippen LogP contribution in [0.5, 0.6) is 0 Å². The Bertz CT molecular complexity index is 949.